The quantitative estimate of drug-likeness (QED) is 0.689. The van der Waals surface area contributed by atoms with Gasteiger partial charge < -0.3 is 14.5 Å². The molecule has 3 aromatic rings. The first-order valence-corrected chi connectivity index (χ1v) is 9.28. The minimum atomic E-state index is -0.0688. The number of hydrogen-bond acceptors (Lipinski definition) is 3. The summed E-state index contributed by atoms with van der Waals surface area (Å²) < 4.78 is 11.4. The highest BCUT2D eigenvalue weighted by molar-refractivity contribution is 5.96. The van der Waals surface area contributed by atoms with E-state index < -0.39 is 0 Å². The van der Waals surface area contributed by atoms with Gasteiger partial charge in [0.05, 0.1) is 25.0 Å². The largest absolute Gasteiger partial charge is 0.491 e. The van der Waals surface area contributed by atoms with Crippen molar-refractivity contribution in [2.45, 2.75) is 39.0 Å². The Morgan fingerprint density at radius 3 is 2.85 bits per heavy atom. The van der Waals surface area contributed by atoms with Gasteiger partial charge in [0.15, 0.2) is 0 Å². The number of furan rings is 1. The number of para-hydroxylation sites is 2. The summed E-state index contributed by atoms with van der Waals surface area (Å²) in [6, 6.07) is 11.9. The second kappa shape index (κ2) is 7.24. The van der Waals surface area contributed by atoms with Gasteiger partial charge in [-0.05, 0) is 61.1 Å². The zero-order chi connectivity index (χ0) is 17.9. The summed E-state index contributed by atoms with van der Waals surface area (Å²) in [7, 11) is 0. The van der Waals surface area contributed by atoms with Crippen LogP contribution in [0.1, 0.15) is 36.5 Å². The third-order valence-electron chi connectivity index (χ3n) is 4.84. The minimum Gasteiger partial charge on any atom is -0.491 e. The van der Waals surface area contributed by atoms with Crippen molar-refractivity contribution in [1.29, 1.82) is 0 Å². The molecule has 0 spiro atoms. The highest BCUT2D eigenvalue weighted by atomic mass is 16.5. The molecule has 0 aliphatic heterocycles. The van der Waals surface area contributed by atoms with Crippen LogP contribution in [-0.4, -0.2) is 12.5 Å². The molecule has 0 saturated carbocycles. The number of carbonyl (C=O) groups excluding carboxylic acids is 1. The first kappa shape index (κ1) is 16.7. The van der Waals surface area contributed by atoms with E-state index in [9.17, 15) is 4.79 Å². The maximum absolute atomic E-state index is 12.6. The molecule has 4 rings (SSSR count). The van der Waals surface area contributed by atoms with Crippen molar-refractivity contribution in [3.63, 3.8) is 0 Å². The molecule has 134 valence electrons. The molecule has 0 atom stereocenters. The predicted octanol–water partition coefficient (Wildman–Crippen LogP) is 4.89. The van der Waals surface area contributed by atoms with Gasteiger partial charge in [-0.2, -0.15) is 0 Å². The molecule has 1 heterocycles. The lowest BCUT2D eigenvalue weighted by Crippen LogP contribution is -2.15. The van der Waals surface area contributed by atoms with Crippen LogP contribution in [0.3, 0.4) is 0 Å². The molecule has 4 heteroatoms. The summed E-state index contributed by atoms with van der Waals surface area (Å²) >= 11 is 0. The molecule has 0 unspecified atom stereocenters. The number of carbonyl (C=O) groups is 1. The number of rotatable bonds is 6. The average molecular weight is 349 g/mol. The van der Waals surface area contributed by atoms with Gasteiger partial charge >= 0.3 is 0 Å². The first-order chi connectivity index (χ1) is 12.7. The second-order valence-electron chi connectivity index (χ2n) is 6.80. The normalized spacial score (nSPS) is 13.0. The van der Waals surface area contributed by atoms with E-state index >= 15 is 0 Å². The standard InChI is InChI=1S/C22H23NO3/c1-2-10-25-20-9-4-3-8-19(20)23-22(24)13-17-14-26-21-12-16-7-5-6-15(16)11-18(17)21/h3-4,8-9,11-12,14H,2,5-7,10,13H2,1H3,(H,23,24). The van der Waals surface area contributed by atoms with E-state index in [-0.39, 0.29) is 12.3 Å². The van der Waals surface area contributed by atoms with Crippen molar-refractivity contribution in [2.24, 2.45) is 0 Å². The molecule has 0 radical (unpaired) electrons. The van der Waals surface area contributed by atoms with Gasteiger partial charge in [0.2, 0.25) is 5.91 Å². The molecule has 1 aliphatic carbocycles. The predicted molar refractivity (Wildman–Crippen MR) is 103 cm³/mol. The van der Waals surface area contributed by atoms with Crippen molar-refractivity contribution in [3.8, 4) is 5.75 Å². The van der Waals surface area contributed by atoms with Crippen molar-refractivity contribution in [1.82, 2.24) is 0 Å². The Kier molecular flexibility index (Phi) is 4.65. The molecular weight excluding hydrogens is 326 g/mol. The maximum Gasteiger partial charge on any atom is 0.229 e. The lowest BCUT2D eigenvalue weighted by Gasteiger charge is -2.11. The van der Waals surface area contributed by atoms with Gasteiger partial charge in [0.1, 0.15) is 11.3 Å². The molecular formula is C22H23NO3. The van der Waals surface area contributed by atoms with Crippen LogP contribution in [0.25, 0.3) is 11.0 Å². The van der Waals surface area contributed by atoms with E-state index in [0.29, 0.717) is 18.0 Å². The maximum atomic E-state index is 12.6. The lowest BCUT2D eigenvalue weighted by atomic mass is 10.0. The van der Waals surface area contributed by atoms with E-state index in [2.05, 4.69) is 24.4 Å². The number of amides is 1. The van der Waals surface area contributed by atoms with Crippen LogP contribution in [0.4, 0.5) is 5.69 Å². The fourth-order valence-corrected chi connectivity index (χ4v) is 3.56. The topological polar surface area (TPSA) is 51.5 Å². The van der Waals surface area contributed by atoms with Crippen LogP contribution in [0.2, 0.25) is 0 Å². The minimum absolute atomic E-state index is 0.0688. The third-order valence-corrected chi connectivity index (χ3v) is 4.84. The molecule has 0 fully saturated rings. The highest BCUT2D eigenvalue weighted by Gasteiger charge is 2.17. The Bertz CT molecular complexity index is 942. The van der Waals surface area contributed by atoms with Gasteiger partial charge in [0, 0.05) is 10.9 Å². The van der Waals surface area contributed by atoms with Gasteiger partial charge in [-0.15, -0.1) is 0 Å². The van der Waals surface area contributed by atoms with E-state index in [1.807, 2.05) is 24.3 Å². The zero-order valence-electron chi connectivity index (χ0n) is 15.0. The number of benzene rings is 2. The monoisotopic (exact) mass is 349 g/mol. The second-order valence-corrected chi connectivity index (χ2v) is 6.80. The van der Waals surface area contributed by atoms with Crippen molar-refractivity contribution in [2.75, 3.05) is 11.9 Å². The number of ether oxygens (including phenoxy) is 1. The Labute approximate surface area is 153 Å². The molecule has 2 aromatic carbocycles. The van der Waals surface area contributed by atoms with Crippen LogP contribution in [0.5, 0.6) is 5.75 Å². The fraction of sp³-hybridized carbons (Fsp3) is 0.318. The Hall–Kier alpha value is -2.75. The molecule has 1 N–H and O–H groups in total. The summed E-state index contributed by atoms with van der Waals surface area (Å²) in [5.74, 6) is 0.637. The number of hydrogen-bond donors (Lipinski definition) is 1. The number of fused-ring (bicyclic) bond motifs is 2. The smallest absolute Gasteiger partial charge is 0.229 e. The summed E-state index contributed by atoms with van der Waals surface area (Å²) in [5, 5.41) is 4.02. The first-order valence-electron chi connectivity index (χ1n) is 9.28. The summed E-state index contributed by atoms with van der Waals surface area (Å²) in [4.78, 5) is 12.6. The fourth-order valence-electron chi connectivity index (χ4n) is 3.56. The molecule has 1 aliphatic rings. The Morgan fingerprint density at radius 2 is 2.00 bits per heavy atom. The summed E-state index contributed by atoms with van der Waals surface area (Å²) in [6.45, 7) is 2.69. The number of anilines is 1. The lowest BCUT2D eigenvalue weighted by molar-refractivity contribution is -0.115. The van der Waals surface area contributed by atoms with Crippen molar-refractivity contribution >= 4 is 22.6 Å². The van der Waals surface area contributed by atoms with Crippen LogP contribution >= 0.6 is 0 Å². The van der Waals surface area contributed by atoms with Crippen LogP contribution in [-0.2, 0) is 24.1 Å². The number of aryl methyl sites for hydroxylation is 2. The van der Waals surface area contributed by atoms with Gasteiger partial charge in [-0.3, -0.25) is 4.79 Å². The Morgan fingerprint density at radius 1 is 1.19 bits per heavy atom. The van der Waals surface area contributed by atoms with E-state index in [0.717, 1.165) is 35.8 Å². The van der Waals surface area contributed by atoms with Gasteiger partial charge in [-0.25, -0.2) is 0 Å². The molecule has 1 aromatic heterocycles. The highest BCUT2D eigenvalue weighted by Crippen LogP contribution is 2.31. The molecule has 0 bridgehead atoms. The van der Waals surface area contributed by atoms with Gasteiger partial charge in [0.25, 0.3) is 0 Å². The van der Waals surface area contributed by atoms with Gasteiger partial charge in [-0.1, -0.05) is 19.1 Å². The molecule has 4 nitrogen and oxygen atoms in total. The molecule has 1 amide bonds. The third kappa shape index (κ3) is 3.32. The average Bonchev–Trinajstić information content (AvgIpc) is 3.26. The summed E-state index contributed by atoms with van der Waals surface area (Å²) in [5.41, 5.74) is 5.28. The summed E-state index contributed by atoms with van der Waals surface area (Å²) in [6.07, 6.45) is 6.35. The number of nitrogens with one attached hydrogen (secondary N) is 1. The van der Waals surface area contributed by atoms with Crippen LogP contribution < -0.4 is 10.1 Å². The van der Waals surface area contributed by atoms with Crippen LogP contribution in [0, 0.1) is 0 Å². The van der Waals surface area contributed by atoms with Crippen molar-refractivity contribution < 1.29 is 13.9 Å². The van der Waals surface area contributed by atoms with E-state index in [1.54, 1.807) is 6.26 Å². The molecule has 0 saturated heterocycles. The van der Waals surface area contributed by atoms with Crippen LogP contribution in [0.15, 0.2) is 47.1 Å². The molecule has 26 heavy (non-hydrogen) atoms. The van der Waals surface area contributed by atoms with E-state index in [1.165, 1.54) is 17.5 Å². The van der Waals surface area contributed by atoms with Crippen molar-refractivity contribution in [3.05, 3.63) is 59.4 Å². The zero-order valence-corrected chi connectivity index (χ0v) is 15.0. The van der Waals surface area contributed by atoms with E-state index in [4.69, 9.17) is 9.15 Å². The SMILES string of the molecule is CCCOc1ccccc1NC(=O)Cc1coc2cc3c(cc12)CCC3. The Balaban J connectivity index is 1.51.